The second kappa shape index (κ2) is 4.41. The van der Waals surface area contributed by atoms with Gasteiger partial charge in [0.05, 0.1) is 11.2 Å². The van der Waals surface area contributed by atoms with Crippen LogP contribution in [-0.4, -0.2) is 10.1 Å². The van der Waals surface area contributed by atoms with E-state index in [4.69, 9.17) is 21.4 Å². The van der Waals surface area contributed by atoms with Crippen LogP contribution in [0.2, 0.25) is 5.02 Å². The minimum atomic E-state index is 0.100. The van der Waals surface area contributed by atoms with Gasteiger partial charge in [0.15, 0.2) is 5.75 Å². The molecule has 3 nitrogen and oxygen atoms in total. The maximum Gasteiger partial charge on any atom is 0.219 e. The van der Waals surface area contributed by atoms with Gasteiger partial charge in [0.2, 0.25) is 5.88 Å². The molecule has 0 aliphatic heterocycles. The Balaban J connectivity index is 2.30. The number of benzene rings is 1. The predicted molar refractivity (Wildman–Crippen MR) is 62.2 cm³/mol. The number of aryl methyl sites for hydroxylation is 1. The third-order valence-electron chi connectivity index (χ3n) is 2.09. The average molecular weight is 236 g/mol. The Labute approximate surface area is 98.3 Å². The average Bonchev–Trinajstić information content (AvgIpc) is 2.26. The molecule has 1 heterocycles. The maximum absolute atomic E-state index is 9.09. The van der Waals surface area contributed by atoms with Crippen molar-refractivity contribution in [2.75, 3.05) is 0 Å². The quantitative estimate of drug-likeness (QED) is 0.866. The van der Waals surface area contributed by atoms with E-state index >= 15 is 0 Å². The Morgan fingerprint density at radius 3 is 2.69 bits per heavy atom. The van der Waals surface area contributed by atoms with Crippen molar-refractivity contribution >= 4 is 11.6 Å². The SMILES string of the molecule is Cc1cccc(Cl)c1Oc1ccc(O)cn1. The lowest BCUT2D eigenvalue weighted by Crippen LogP contribution is -1.90. The van der Waals surface area contributed by atoms with Gasteiger partial charge < -0.3 is 9.84 Å². The summed E-state index contributed by atoms with van der Waals surface area (Å²) in [6.07, 6.45) is 1.32. The van der Waals surface area contributed by atoms with Gasteiger partial charge in [0.1, 0.15) is 5.75 Å². The minimum Gasteiger partial charge on any atom is -0.506 e. The van der Waals surface area contributed by atoms with Gasteiger partial charge in [-0.2, -0.15) is 0 Å². The number of para-hydroxylation sites is 1. The van der Waals surface area contributed by atoms with Crippen LogP contribution in [0.5, 0.6) is 17.4 Å². The molecule has 2 aromatic rings. The molecule has 0 spiro atoms. The summed E-state index contributed by atoms with van der Waals surface area (Å²) in [6.45, 7) is 1.90. The number of nitrogens with zero attached hydrogens (tertiary/aromatic N) is 1. The molecule has 0 amide bonds. The first-order chi connectivity index (χ1) is 7.66. The Morgan fingerprint density at radius 2 is 2.06 bits per heavy atom. The van der Waals surface area contributed by atoms with Gasteiger partial charge in [-0.3, -0.25) is 0 Å². The number of pyridine rings is 1. The molecule has 0 aliphatic carbocycles. The first kappa shape index (κ1) is 10.8. The zero-order valence-electron chi connectivity index (χ0n) is 8.64. The molecule has 0 bridgehead atoms. The maximum atomic E-state index is 9.09. The lowest BCUT2D eigenvalue weighted by molar-refractivity contribution is 0.445. The Kier molecular flexibility index (Phi) is 2.97. The van der Waals surface area contributed by atoms with Gasteiger partial charge in [0, 0.05) is 6.07 Å². The number of hydrogen-bond acceptors (Lipinski definition) is 3. The van der Waals surface area contributed by atoms with Crippen molar-refractivity contribution in [1.29, 1.82) is 0 Å². The first-order valence-corrected chi connectivity index (χ1v) is 5.12. The fourth-order valence-electron chi connectivity index (χ4n) is 1.28. The first-order valence-electron chi connectivity index (χ1n) is 4.75. The van der Waals surface area contributed by atoms with Crippen molar-refractivity contribution in [2.24, 2.45) is 0 Å². The molecule has 0 unspecified atom stereocenters. The van der Waals surface area contributed by atoms with Crippen molar-refractivity contribution in [3.05, 3.63) is 47.1 Å². The van der Waals surface area contributed by atoms with Crippen LogP contribution in [0.25, 0.3) is 0 Å². The minimum absolute atomic E-state index is 0.100. The van der Waals surface area contributed by atoms with Crippen LogP contribution in [-0.2, 0) is 0 Å². The smallest absolute Gasteiger partial charge is 0.219 e. The van der Waals surface area contributed by atoms with E-state index in [-0.39, 0.29) is 5.75 Å². The topological polar surface area (TPSA) is 42.4 Å². The molecule has 4 heteroatoms. The van der Waals surface area contributed by atoms with Crippen molar-refractivity contribution in [2.45, 2.75) is 6.92 Å². The van der Waals surface area contributed by atoms with Gasteiger partial charge in [0.25, 0.3) is 0 Å². The van der Waals surface area contributed by atoms with Gasteiger partial charge in [-0.15, -0.1) is 0 Å². The molecule has 16 heavy (non-hydrogen) atoms. The molecular formula is C12H10ClNO2. The molecule has 1 N–H and O–H groups in total. The van der Waals surface area contributed by atoms with Crippen LogP contribution in [0.15, 0.2) is 36.5 Å². The number of hydrogen-bond donors (Lipinski definition) is 1. The van der Waals surface area contributed by atoms with E-state index in [9.17, 15) is 0 Å². The molecule has 0 aliphatic rings. The molecule has 2 rings (SSSR count). The molecule has 82 valence electrons. The number of aromatic nitrogens is 1. The number of ether oxygens (including phenoxy) is 1. The van der Waals surface area contributed by atoms with E-state index in [0.29, 0.717) is 16.7 Å². The van der Waals surface area contributed by atoms with Crippen LogP contribution in [0.1, 0.15) is 5.56 Å². The van der Waals surface area contributed by atoms with Crippen molar-refractivity contribution < 1.29 is 9.84 Å². The molecule has 0 radical (unpaired) electrons. The second-order valence-corrected chi connectivity index (χ2v) is 3.75. The van der Waals surface area contributed by atoms with Crippen LogP contribution in [0, 0.1) is 6.92 Å². The van der Waals surface area contributed by atoms with E-state index < -0.39 is 0 Å². The van der Waals surface area contributed by atoms with Crippen molar-refractivity contribution in [3.8, 4) is 17.4 Å². The summed E-state index contributed by atoms with van der Waals surface area (Å²) in [7, 11) is 0. The fourth-order valence-corrected chi connectivity index (χ4v) is 1.54. The zero-order valence-corrected chi connectivity index (χ0v) is 9.40. The van der Waals surface area contributed by atoms with E-state index in [1.807, 2.05) is 19.1 Å². The van der Waals surface area contributed by atoms with Gasteiger partial charge >= 0.3 is 0 Å². The molecule has 0 saturated carbocycles. The molecule has 0 atom stereocenters. The van der Waals surface area contributed by atoms with E-state index in [1.165, 1.54) is 12.3 Å². The summed E-state index contributed by atoms with van der Waals surface area (Å²) in [5, 5.41) is 9.62. The van der Waals surface area contributed by atoms with Crippen LogP contribution < -0.4 is 4.74 Å². The van der Waals surface area contributed by atoms with Crippen LogP contribution >= 0.6 is 11.6 Å². The number of aromatic hydroxyl groups is 1. The number of rotatable bonds is 2. The van der Waals surface area contributed by atoms with Crippen molar-refractivity contribution in [1.82, 2.24) is 4.98 Å². The normalized spacial score (nSPS) is 10.1. The Bertz CT molecular complexity index is 477. The zero-order chi connectivity index (χ0) is 11.5. The standard InChI is InChI=1S/C12H10ClNO2/c1-8-3-2-4-10(13)12(8)16-11-6-5-9(15)7-14-11/h2-7,15H,1H3. The lowest BCUT2D eigenvalue weighted by atomic mass is 10.2. The van der Waals surface area contributed by atoms with Gasteiger partial charge in [-0.25, -0.2) is 4.98 Å². The molecule has 1 aromatic carbocycles. The monoisotopic (exact) mass is 235 g/mol. The third kappa shape index (κ3) is 2.25. The number of halogens is 1. The van der Waals surface area contributed by atoms with E-state index in [0.717, 1.165) is 5.56 Å². The molecular weight excluding hydrogens is 226 g/mol. The largest absolute Gasteiger partial charge is 0.506 e. The molecule has 1 aromatic heterocycles. The lowest BCUT2D eigenvalue weighted by Gasteiger charge is -2.09. The van der Waals surface area contributed by atoms with Gasteiger partial charge in [-0.05, 0) is 24.6 Å². The van der Waals surface area contributed by atoms with Gasteiger partial charge in [-0.1, -0.05) is 23.7 Å². The predicted octanol–water partition coefficient (Wildman–Crippen LogP) is 3.54. The Morgan fingerprint density at radius 1 is 1.25 bits per heavy atom. The van der Waals surface area contributed by atoms with Crippen LogP contribution in [0.3, 0.4) is 0 Å². The summed E-state index contributed by atoms with van der Waals surface area (Å²) < 4.78 is 5.54. The highest BCUT2D eigenvalue weighted by Gasteiger charge is 2.06. The summed E-state index contributed by atoms with van der Waals surface area (Å²) in [6, 6.07) is 8.60. The van der Waals surface area contributed by atoms with Crippen LogP contribution in [0.4, 0.5) is 0 Å². The summed E-state index contributed by atoms with van der Waals surface area (Å²) in [4.78, 5) is 3.92. The fraction of sp³-hybridized carbons (Fsp3) is 0.0833. The second-order valence-electron chi connectivity index (χ2n) is 3.34. The van der Waals surface area contributed by atoms with E-state index in [1.54, 1.807) is 12.1 Å². The molecule has 0 saturated heterocycles. The molecule has 0 fully saturated rings. The summed E-state index contributed by atoms with van der Waals surface area (Å²) in [5.41, 5.74) is 0.933. The third-order valence-corrected chi connectivity index (χ3v) is 2.39. The highest BCUT2D eigenvalue weighted by atomic mass is 35.5. The summed E-state index contributed by atoms with van der Waals surface area (Å²) in [5.74, 6) is 1.08. The Hall–Kier alpha value is -1.74. The highest BCUT2D eigenvalue weighted by molar-refractivity contribution is 6.32. The highest BCUT2D eigenvalue weighted by Crippen LogP contribution is 2.31. The van der Waals surface area contributed by atoms with E-state index in [2.05, 4.69) is 4.98 Å². The van der Waals surface area contributed by atoms with Crippen molar-refractivity contribution in [3.63, 3.8) is 0 Å². The summed E-state index contributed by atoms with van der Waals surface area (Å²) >= 11 is 6.01.